The summed E-state index contributed by atoms with van der Waals surface area (Å²) in [6, 6.07) is 15.9. The smallest absolute Gasteiger partial charge is 0.279 e. The standard InChI is InChI=1S/C22H27N3O5/c1-3-19(30-18-8-6-5-7-9-18)22(28)25-24-21(27)15-14-20(26)23-16-10-12-17(13-11-16)29-4-2/h5-13,19H,3-4,14-15H2,1-2H3,(H,23,26)(H,24,27)(H,25,28). The predicted molar refractivity (Wildman–Crippen MR) is 113 cm³/mol. The Morgan fingerprint density at radius 3 is 2.13 bits per heavy atom. The summed E-state index contributed by atoms with van der Waals surface area (Å²) in [6.45, 7) is 4.26. The maximum Gasteiger partial charge on any atom is 0.279 e. The Morgan fingerprint density at radius 1 is 0.833 bits per heavy atom. The highest BCUT2D eigenvalue weighted by Crippen LogP contribution is 2.16. The minimum atomic E-state index is -0.740. The van der Waals surface area contributed by atoms with Gasteiger partial charge >= 0.3 is 0 Å². The molecule has 8 nitrogen and oxygen atoms in total. The molecule has 1 atom stereocenters. The van der Waals surface area contributed by atoms with Crippen LogP contribution in [-0.2, 0) is 14.4 Å². The first-order valence-corrected chi connectivity index (χ1v) is 9.85. The summed E-state index contributed by atoms with van der Waals surface area (Å²) in [6.07, 6.45) is -0.400. The molecule has 2 rings (SSSR count). The zero-order chi connectivity index (χ0) is 21.8. The van der Waals surface area contributed by atoms with E-state index in [0.29, 0.717) is 30.2 Å². The van der Waals surface area contributed by atoms with Crippen molar-refractivity contribution in [1.82, 2.24) is 10.9 Å². The van der Waals surface area contributed by atoms with E-state index in [4.69, 9.17) is 9.47 Å². The second-order valence-electron chi connectivity index (χ2n) is 6.37. The lowest BCUT2D eigenvalue weighted by Gasteiger charge is -2.17. The van der Waals surface area contributed by atoms with E-state index in [9.17, 15) is 14.4 Å². The van der Waals surface area contributed by atoms with Gasteiger partial charge in [-0.15, -0.1) is 0 Å². The fourth-order valence-corrected chi connectivity index (χ4v) is 2.51. The van der Waals surface area contributed by atoms with Crippen molar-refractivity contribution in [3.8, 4) is 11.5 Å². The molecule has 0 heterocycles. The molecule has 160 valence electrons. The van der Waals surface area contributed by atoms with Gasteiger partial charge < -0.3 is 14.8 Å². The number of ether oxygens (including phenoxy) is 2. The van der Waals surface area contributed by atoms with Crippen molar-refractivity contribution in [3.05, 3.63) is 54.6 Å². The minimum absolute atomic E-state index is 0.0212. The average molecular weight is 413 g/mol. The van der Waals surface area contributed by atoms with Crippen LogP contribution < -0.4 is 25.6 Å². The molecule has 0 fully saturated rings. The lowest BCUT2D eigenvalue weighted by Crippen LogP contribution is -2.48. The second-order valence-corrected chi connectivity index (χ2v) is 6.37. The van der Waals surface area contributed by atoms with E-state index >= 15 is 0 Å². The first kappa shape index (κ1) is 22.7. The number of nitrogens with one attached hydrogen (secondary N) is 3. The first-order valence-electron chi connectivity index (χ1n) is 9.85. The summed E-state index contributed by atoms with van der Waals surface area (Å²) < 4.78 is 10.9. The van der Waals surface area contributed by atoms with Crippen molar-refractivity contribution < 1.29 is 23.9 Å². The molecule has 0 aliphatic rings. The van der Waals surface area contributed by atoms with Crippen LogP contribution in [0, 0.1) is 0 Å². The number of hydrogen-bond acceptors (Lipinski definition) is 5. The van der Waals surface area contributed by atoms with Gasteiger partial charge in [0.05, 0.1) is 6.61 Å². The van der Waals surface area contributed by atoms with E-state index in [1.165, 1.54) is 0 Å². The van der Waals surface area contributed by atoms with Gasteiger partial charge in [0.15, 0.2) is 6.10 Å². The van der Waals surface area contributed by atoms with Crippen molar-refractivity contribution in [2.24, 2.45) is 0 Å². The SMILES string of the molecule is CCOc1ccc(NC(=O)CCC(=O)NNC(=O)C(CC)Oc2ccccc2)cc1. The summed E-state index contributed by atoms with van der Waals surface area (Å²) in [5.74, 6) is 0.0387. The molecule has 0 spiro atoms. The number of rotatable bonds is 10. The molecule has 30 heavy (non-hydrogen) atoms. The van der Waals surface area contributed by atoms with Crippen molar-refractivity contribution in [2.45, 2.75) is 39.2 Å². The molecule has 0 aliphatic carbocycles. The molecule has 2 aromatic carbocycles. The number of carbonyl (C=O) groups excluding carboxylic acids is 3. The van der Waals surface area contributed by atoms with Crippen LogP contribution in [0.3, 0.4) is 0 Å². The molecule has 0 aromatic heterocycles. The van der Waals surface area contributed by atoms with Crippen LogP contribution in [0.4, 0.5) is 5.69 Å². The quantitative estimate of drug-likeness (QED) is 0.520. The molecule has 2 aromatic rings. The van der Waals surface area contributed by atoms with Crippen LogP contribution in [0.5, 0.6) is 11.5 Å². The van der Waals surface area contributed by atoms with E-state index in [2.05, 4.69) is 16.2 Å². The van der Waals surface area contributed by atoms with Crippen molar-refractivity contribution in [3.63, 3.8) is 0 Å². The Bertz CT molecular complexity index is 824. The van der Waals surface area contributed by atoms with Gasteiger partial charge in [0.1, 0.15) is 11.5 Å². The van der Waals surface area contributed by atoms with Gasteiger partial charge in [0, 0.05) is 18.5 Å². The highest BCUT2D eigenvalue weighted by atomic mass is 16.5. The van der Waals surface area contributed by atoms with Crippen LogP contribution in [-0.4, -0.2) is 30.4 Å². The molecule has 1 unspecified atom stereocenters. The molecule has 0 radical (unpaired) electrons. The molecule has 8 heteroatoms. The van der Waals surface area contributed by atoms with E-state index in [1.54, 1.807) is 55.5 Å². The Hall–Kier alpha value is -3.55. The topological polar surface area (TPSA) is 106 Å². The number of carbonyl (C=O) groups is 3. The molecule has 0 aliphatic heterocycles. The maximum absolute atomic E-state index is 12.2. The molecular weight excluding hydrogens is 386 g/mol. The molecule has 3 N–H and O–H groups in total. The first-order chi connectivity index (χ1) is 14.5. The zero-order valence-corrected chi connectivity index (χ0v) is 17.1. The number of para-hydroxylation sites is 1. The van der Waals surface area contributed by atoms with Gasteiger partial charge in [-0.3, -0.25) is 25.2 Å². The van der Waals surface area contributed by atoms with Crippen LogP contribution in [0.1, 0.15) is 33.1 Å². The highest BCUT2D eigenvalue weighted by molar-refractivity contribution is 5.93. The largest absolute Gasteiger partial charge is 0.494 e. The number of anilines is 1. The third-order valence-corrected chi connectivity index (χ3v) is 4.04. The van der Waals surface area contributed by atoms with Gasteiger partial charge in [-0.25, -0.2) is 0 Å². The van der Waals surface area contributed by atoms with E-state index in [0.717, 1.165) is 0 Å². The Kier molecular flexibility index (Phi) is 9.18. The summed E-state index contributed by atoms with van der Waals surface area (Å²) in [7, 11) is 0. The van der Waals surface area contributed by atoms with Crippen molar-refractivity contribution >= 4 is 23.4 Å². The zero-order valence-electron chi connectivity index (χ0n) is 17.1. The number of hydrogen-bond donors (Lipinski definition) is 3. The predicted octanol–water partition coefficient (Wildman–Crippen LogP) is 2.81. The highest BCUT2D eigenvalue weighted by Gasteiger charge is 2.19. The maximum atomic E-state index is 12.2. The van der Waals surface area contributed by atoms with Crippen molar-refractivity contribution in [2.75, 3.05) is 11.9 Å². The van der Waals surface area contributed by atoms with E-state index < -0.39 is 17.9 Å². The van der Waals surface area contributed by atoms with Crippen molar-refractivity contribution in [1.29, 1.82) is 0 Å². The Morgan fingerprint density at radius 2 is 1.50 bits per heavy atom. The Labute approximate surface area is 175 Å². The van der Waals surface area contributed by atoms with Gasteiger partial charge in [-0.05, 0) is 49.7 Å². The molecule has 3 amide bonds. The third kappa shape index (κ3) is 7.83. The fraction of sp³-hybridized carbons (Fsp3) is 0.318. The number of amides is 3. The third-order valence-electron chi connectivity index (χ3n) is 4.04. The van der Waals surface area contributed by atoms with Crippen LogP contribution in [0.2, 0.25) is 0 Å². The van der Waals surface area contributed by atoms with E-state index in [1.807, 2.05) is 13.0 Å². The van der Waals surface area contributed by atoms with Gasteiger partial charge in [0.2, 0.25) is 11.8 Å². The normalized spacial score (nSPS) is 11.1. The summed E-state index contributed by atoms with van der Waals surface area (Å²) in [5, 5.41) is 2.70. The molecular formula is C22H27N3O5. The van der Waals surface area contributed by atoms with Gasteiger partial charge in [-0.1, -0.05) is 25.1 Å². The summed E-state index contributed by atoms with van der Waals surface area (Å²) >= 11 is 0. The van der Waals surface area contributed by atoms with E-state index in [-0.39, 0.29) is 18.7 Å². The van der Waals surface area contributed by atoms with Crippen LogP contribution in [0.25, 0.3) is 0 Å². The monoisotopic (exact) mass is 413 g/mol. The molecule has 0 saturated carbocycles. The Balaban J connectivity index is 1.70. The summed E-state index contributed by atoms with van der Waals surface area (Å²) in [5.41, 5.74) is 5.26. The average Bonchev–Trinajstić information content (AvgIpc) is 2.76. The lowest BCUT2D eigenvalue weighted by atomic mass is 10.2. The fourth-order valence-electron chi connectivity index (χ4n) is 2.51. The summed E-state index contributed by atoms with van der Waals surface area (Å²) in [4.78, 5) is 36.1. The van der Waals surface area contributed by atoms with Crippen LogP contribution in [0.15, 0.2) is 54.6 Å². The minimum Gasteiger partial charge on any atom is -0.494 e. The number of hydrazine groups is 1. The second kappa shape index (κ2) is 12.1. The van der Waals surface area contributed by atoms with Gasteiger partial charge in [0.25, 0.3) is 5.91 Å². The number of benzene rings is 2. The molecule has 0 bridgehead atoms. The lowest BCUT2D eigenvalue weighted by molar-refractivity contribution is -0.133. The van der Waals surface area contributed by atoms with Gasteiger partial charge in [-0.2, -0.15) is 0 Å². The van der Waals surface area contributed by atoms with Crippen LogP contribution >= 0.6 is 0 Å². The molecule has 0 saturated heterocycles.